The maximum absolute atomic E-state index is 11.1. The SMILES string of the molecule is CC/C(=C\C(=O)O)c1ccc(C(=C2CCCCC2)c2ccc(O)c(C)c2)cc1. The van der Waals surface area contributed by atoms with E-state index in [1.807, 2.05) is 32.0 Å². The van der Waals surface area contributed by atoms with Gasteiger partial charge in [-0.05, 0) is 84.6 Å². The van der Waals surface area contributed by atoms with Gasteiger partial charge in [0.2, 0.25) is 0 Å². The Kier molecular flexibility index (Phi) is 6.35. The fourth-order valence-corrected chi connectivity index (χ4v) is 4.00. The molecule has 2 aromatic rings. The van der Waals surface area contributed by atoms with Gasteiger partial charge in [0.15, 0.2) is 0 Å². The number of hydrogen-bond acceptors (Lipinski definition) is 2. The number of aliphatic carboxylic acids is 1. The van der Waals surface area contributed by atoms with Crippen LogP contribution < -0.4 is 0 Å². The minimum absolute atomic E-state index is 0.318. The number of carbonyl (C=O) groups is 1. The second kappa shape index (κ2) is 8.92. The number of carboxylic acids is 1. The lowest BCUT2D eigenvalue weighted by Gasteiger charge is -2.21. The third-order valence-corrected chi connectivity index (χ3v) is 5.52. The van der Waals surface area contributed by atoms with E-state index in [4.69, 9.17) is 5.11 Å². The lowest BCUT2D eigenvalue weighted by molar-refractivity contribution is -0.131. The van der Waals surface area contributed by atoms with Crippen molar-refractivity contribution >= 4 is 17.1 Å². The lowest BCUT2D eigenvalue weighted by Crippen LogP contribution is -2.01. The fraction of sp³-hybridized carbons (Fsp3) is 0.320. The van der Waals surface area contributed by atoms with Crippen LogP contribution in [0, 0.1) is 6.92 Å². The minimum atomic E-state index is -0.912. The highest BCUT2D eigenvalue weighted by Gasteiger charge is 2.16. The second-order valence-electron chi connectivity index (χ2n) is 7.48. The molecule has 3 heteroatoms. The average Bonchev–Trinajstić information content (AvgIpc) is 2.70. The van der Waals surface area contributed by atoms with E-state index in [1.54, 1.807) is 6.07 Å². The Labute approximate surface area is 167 Å². The van der Waals surface area contributed by atoms with E-state index < -0.39 is 5.97 Å². The van der Waals surface area contributed by atoms with Gasteiger partial charge in [0.05, 0.1) is 0 Å². The van der Waals surface area contributed by atoms with Gasteiger partial charge >= 0.3 is 5.97 Å². The summed E-state index contributed by atoms with van der Waals surface area (Å²) >= 11 is 0. The Morgan fingerprint density at radius 1 is 0.964 bits per heavy atom. The van der Waals surface area contributed by atoms with Crippen molar-refractivity contribution in [1.82, 2.24) is 0 Å². The van der Waals surface area contributed by atoms with Gasteiger partial charge in [-0.15, -0.1) is 0 Å². The Morgan fingerprint density at radius 3 is 2.14 bits per heavy atom. The molecule has 0 saturated heterocycles. The number of hydrogen-bond donors (Lipinski definition) is 2. The van der Waals surface area contributed by atoms with Gasteiger partial charge in [0.1, 0.15) is 5.75 Å². The summed E-state index contributed by atoms with van der Waals surface area (Å²) in [6.45, 7) is 3.90. The molecule has 3 rings (SSSR count). The summed E-state index contributed by atoms with van der Waals surface area (Å²) in [5, 5.41) is 19.0. The van der Waals surface area contributed by atoms with Crippen LogP contribution in [-0.4, -0.2) is 16.2 Å². The minimum Gasteiger partial charge on any atom is -0.508 e. The van der Waals surface area contributed by atoms with Gasteiger partial charge in [0, 0.05) is 6.08 Å². The van der Waals surface area contributed by atoms with E-state index in [-0.39, 0.29) is 0 Å². The summed E-state index contributed by atoms with van der Waals surface area (Å²) < 4.78 is 0. The van der Waals surface area contributed by atoms with Gasteiger partial charge in [-0.1, -0.05) is 49.2 Å². The molecule has 0 amide bonds. The molecule has 0 unspecified atom stereocenters. The molecule has 2 N–H and O–H groups in total. The summed E-state index contributed by atoms with van der Waals surface area (Å²) in [5.41, 5.74) is 7.67. The largest absolute Gasteiger partial charge is 0.508 e. The zero-order valence-corrected chi connectivity index (χ0v) is 16.7. The van der Waals surface area contributed by atoms with Gasteiger partial charge in [0.25, 0.3) is 0 Å². The molecule has 1 saturated carbocycles. The molecular weight excluding hydrogens is 348 g/mol. The van der Waals surface area contributed by atoms with Crippen LogP contribution in [0.5, 0.6) is 5.75 Å². The summed E-state index contributed by atoms with van der Waals surface area (Å²) in [5.74, 6) is -0.594. The van der Waals surface area contributed by atoms with Crippen molar-refractivity contribution in [2.75, 3.05) is 0 Å². The molecular formula is C25H28O3. The van der Waals surface area contributed by atoms with E-state index in [2.05, 4.69) is 18.2 Å². The number of benzene rings is 2. The van der Waals surface area contributed by atoms with Crippen LogP contribution in [0.15, 0.2) is 54.1 Å². The van der Waals surface area contributed by atoms with Crippen molar-refractivity contribution < 1.29 is 15.0 Å². The van der Waals surface area contributed by atoms with E-state index in [1.165, 1.54) is 36.5 Å². The Hall–Kier alpha value is -2.81. The predicted molar refractivity (Wildman–Crippen MR) is 114 cm³/mol. The highest BCUT2D eigenvalue weighted by molar-refractivity contribution is 5.90. The van der Waals surface area contributed by atoms with Crippen LogP contribution in [-0.2, 0) is 4.79 Å². The summed E-state index contributed by atoms with van der Waals surface area (Å²) in [6.07, 6.45) is 7.90. The van der Waals surface area contributed by atoms with Crippen molar-refractivity contribution in [3.8, 4) is 5.75 Å². The number of rotatable bonds is 5. The van der Waals surface area contributed by atoms with E-state index in [0.29, 0.717) is 12.2 Å². The quantitative estimate of drug-likeness (QED) is 0.598. The van der Waals surface area contributed by atoms with E-state index >= 15 is 0 Å². The molecule has 0 aromatic heterocycles. The van der Waals surface area contributed by atoms with Crippen LogP contribution in [0.3, 0.4) is 0 Å². The third kappa shape index (κ3) is 4.53. The molecule has 1 aliphatic rings. The first-order chi connectivity index (χ1) is 13.5. The highest BCUT2D eigenvalue weighted by Crippen LogP contribution is 2.36. The first kappa shape index (κ1) is 19.9. The number of allylic oxidation sites excluding steroid dienone is 2. The molecule has 0 heterocycles. The number of carboxylic acid groups (broad SMARTS) is 1. The smallest absolute Gasteiger partial charge is 0.328 e. The highest BCUT2D eigenvalue weighted by atomic mass is 16.4. The maximum Gasteiger partial charge on any atom is 0.328 e. The number of aryl methyl sites for hydroxylation is 1. The molecule has 1 aliphatic carbocycles. The Morgan fingerprint density at radius 2 is 1.57 bits per heavy atom. The molecule has 0 bridgehead atoms. The van der Waals surface area contributed by atoms with E-state index in [9.17, 15) is 9.90 Å². The number of phenolic OH excluding ortho intramolecular Hbond substituents is 1. The van der Waals surface area contributed by atoms with Crippen molar-refractivity contribution in [3.63, 3.8) is 0 Å². The monoisotopic (exact) mass is 376 g/mol. The molecule has 0 spiro atoms. The first-order valence-electron chi connectivity index (χ1n) is 10.1. The van der Waals surface area contributed by atoms with Crippen molar-refractivity contribution in [2.45, 2.75) is 52.4 Å². The van der Waals surface area contributed by atoms with Crippen molar-refractivity contribution in [2.24, 2.45) is 0 Å². The predicted octanol–water partition coefficient (Wildman–Crippen LogP) is 6.34. The molecule has 3 nitrogen and oxygen atoms in total. The Balaban J connectivity index is 2.06. The van der Waals surface area contributed by atoms with Crippen LogP contribution >= 0.6 is 0 Å². The van der Waals surface area contributed by atoms with Crippen LogP contribution in [0.1, 0.15) is 67.7 Å². The molecule has 2 aromatic carbocycles. The van der Waals surface area contributed by atoms with Gasteiger partial charge in [-0.25, -0.2) is 4.79 Å². The zero-order valence-electron chi connectivity index (χ0n) is 16.7. The average molecular weight is 376 g/mol. The van der Waals surface area contributed by atoms with Crippen LogP contribution in [0.25, 0.3) is 11.1 Å². The van der Waals surface area contributed by atoms with Gasteiger partial charge in [-0.2, -0.15) is 0 Å². The van der Waals surface area contributed by atoms with E-state index in [0.717, 1.165) is 40.7 Å². The molecule has 146 valence electrons. The Bertz CT molecular complexity index is 909. The standard InChI is InChI=1S/C25H28O3/c1-3-18(16-24(27)28)19-9-11-21(12-10-19)25(20-7-5-4-6-8-20)22-13-14-23(26)17(2)15-22/h9-16,26H,3-8H2,1-2H3,(H,27,28)/b18-16+. The second-order valence-corrected chi connectivity index (χ2v) is 7.48. The summed E-state index contributed by atoms with van der Waals surface area (Å²) in [6, 6.07) is 14.1. The molecule has 0 atom stereocenters. The van der Waals surface area contributed by atoms with Gasteiger partial charge < -0.3 is 10.2 Å². The first-order valence-corrected chi connectivity index (χ1v) is 10.1. The normalized spacial score (nSPS) is 14.8. The van der Waals surface area contributed by atoms with Crippen LogP contribution in [0.4, 0.5) is 0 Å². The number of phenols is 1. The third-order valence-electron chi connectivity index (χ3n) is 5.52. The molecule has 1 fully saturated rings. The molecule has 0 radical (unpaired) electrons. The fourth-order valence-electron chi connectivity index (χ4n) is 4.00. The lowest BCUT2D eigenvalue weighted by atomic mass is 9.84. The van der Waals surface area contributed by atoms with Crippen LogP contribution in [0.2, 0.25) is 0 Å². The van der Waals surface area contributed by atoms with Crippen molar-refractivity contribution in [3.05, 3.63) is 76.4 Å². The molecule has 0 aliphatic heterocycles. The molecule has 28 heavy (non-hydrogen) atoms. The number of aromatic hydroxyl groups is 1. The summed E-state index contributed by atoms with van der Waals surface area (Å²) in [7, 11) is 0. The summed E-state index contributed by atoms with van der Waals surface area (Å²) in [4.78, 5) is 11.1. The topological polar surface area (TPSA) is 57.5 Å². The maximum atomic E-state index is 11.1. The van der Waals surface area contributed by atoms with Gasteiger partial charge in [-0.3, -0.25) is 0 Å². The van der Waals surface area contributed by atoms with Crippen molar-refractivity contribution in [1.29, 1.82) is 0 Å². The zero-order chi connectivity index (χ0) is 20.1.